The quantitative estimate of drug-likeness (QED) is 0.811. The lowest BCUT2D eigenvalue weighted by molar-refractivity contribution is -0.123. The van der Waals surface area contributed by atoms with Gasteiger partial charge in [0.05, 0.1) is 11.7 Å². The Morgan fingerprint density at radius 3 is 2.58 bits per heavy atom. The number of nitrogens with zero attached hydrogens (tertiary/aromatic N) is 2. The van der Waals surface area contributed by atoms with Crippen molar-refractivity contribution in [3.8, 4) is 5.69 Å². The number of aromatic nitrogens is 2. The number of benzene rings is 1. The summed E-state index contributed by atoms with van der Waals surface area (Å²) in [5.74, 6) is 1.25. The molecule has 2 unspecified atom stereocenters. The van der Waals surface area contributed by atoms with Crippen molar-refractivity contribution in [3.63, 3.8) is 0 Å². The Bertz CT molecular complexity index is 666. The summed E-state index contributed by atoms with van der Waals surface area (Å²) >= 11 is 0. The van der Waals surface area contributed by atoms with Gasteiger partial charge < -0.3 is 10.6 Å². The van der Waals surface area contributed by atoms with E-state index < -0.39 is 0 Å². The van der Waals surface area contributed by atoms with Gasteiger partial charge in [-0.3, -0.25) is 4.79 Å². The first kappa shape index (κ1) is 20.5. The van der Waals surface area contributed by atoms with E-state index in [1.807, 2.05) is 36.0 Å². The first-order valence-corrected chi connectivity index (χ1v) is 9.23. The van der Waals surface area contributed by atoms with Gasteiger partial charge in [-0.25, -0.2) is 4.68 Å². The SMILES string of the molecule is CC(NC(=O)CC(C)C1CCNCC1)c1ccc(-n2cccn2)cc1.Cl. The van der Waals surface area contributed by atoms with E-state index in [1.165, 1.54) is 12.8 Å². The third-order valence-electron chi connectivity index (χ3n) is 5.24. The second kappa shape index (κ2) is 9.74. The maximum atomic E-state index is 12.4. The molecule has 2 aromatic rings. The van der Waals surface area contributed by atoms with Gasteiger partial charge >= 0.3 is 0 Å². The first-order valence-electron chi connectivity index (χ1n) is 9.23. The summed E-state index contributed by atoms with van der Waals surface area (Å²) in [5.41, 5.74) is 2.13. The minimum absolute atomic E-state index is 0. The zero-order chi connectivity index (χ0) is 17.6. The predicted octanol–water partition coefficient (Wildman–Crippen LogP) is 3.50. The molecule has 0 bridgehead atoms. The van der Waals surface area contributed by atoms with Gasteiger partial charge in [-0.05, 0) is 68.5 Å². The molecule has 26 heavy (non-hydrogen) atoms. The van der Waals surface area contributed by atoms with Gasteiger partial charge in [-0.15, -0.1) is 12.4 Å². The van der Waals surface area contributed by atoms with Crippen LogP contribution in [-0.4, -0.2) is 28.8 Å². The molecule has 1 aromatic carbocycles. The topological polar surface area (TPSA) is 59.0 Å². The summed E-state index contributed by atoms with van der Waals surface area (Å²) in [5, 5.41) is 10.8. The Morgan fingerprint density at radius 2 is 1.96 bits per heavy atom. The second-order valence-electron chi connectivity index (χ2n) is 7.10. The minimum Gasteiger partial charge on any atom is -0.350 e. The van der Waals surface area contributed by atoms with Crippen molar-refractivity contribution in [2.24, 2.45) is 11.8 Å². The van der Waals surface area contributed by atoms with Crippen molar-refractivity contribution < 1.29 is 4.79 Å². The van der Waals surface area contributed by atoms with Crippen LogP contribution in [0.5, 0.6) is 0 Å². The fraction of sp³-hybridized carbons (Fsp3) is 0.500. The van der Waals surface area contributed by atoms with Crippen molar-refractivity contribution in [3.05, 3.63) is 48.3 Å². The molecular formula is C20H29ClN4O. The number of rotatable bonds is 6. The highest BCUT2D eigenvalue weighted by molar-refractivity contribution is 5.85. The normalized spacial score (nSPS) is 17.2. The van der Waals surface area contributed by atoms with E-state index in [1.54, 1.807) is 6.20 Å². The van der Waals surface area contributed by atoms with E-state index in [9.17, 15) is 4.79 Å². The number of carbonyl (C=O) groups is 1. The summed E-state index contributed by atoms with van der Waals surface area (Å²) in [7, 11) is 0. The smallest absolute Gasteiger partial charge is 0.220 e. The lowest BCUT2D eigenvalue weighted by atomic mass is 9.84. The van der Waals surface area contributed by atoms with Crippen molar-refractivity contribution in [1.29, 1.82) is 0 Å². The van der Waals surface area contributed by atoms with E-state index in [-0.39, 0.29) is 24.4 Å². The van der Waals surface area contributed by atoms with Crippen LogP contribution in [0, 0.1) is 11.8 Å². The van der Waals surface area contributed by atoms with E-state index in [0.29, 0.717) is 18.3 Å². The van der Waals surface area contributed by atoms with E-state index in [2.05, 4.69) is 34.8 Å². The number of hydrogen-bond donors (Lipinski definition) is 2. The molecule has 1 saturated heterocycles. The van der Waals surface area contributed by atoms with Crippen LogP contribution in [0.4, 0.5) is 0 Å². The fourth-order valence-electron chi connectivity index (χ4n) is 3.59. The van der Waals surface area contributed by atoms with E-state index in [4.69, 9.17) is 0 Å². The Morgan fingerprint density at radius 1 is 1.27 bits per heavy atom. The van der Waals surface area contributed by atoms with Crippen molar-refractivity contribution in [1.82, 2.24) is 20.4 Å². The van der Waals surface area contributed by atoms with Crippen molar-refractivity contribution >= 4 is 18.3 Å². The number of hydrogen-bond acceptors (Lipinski definition) is 3. The summed E-state index contributed by atoms with van der Waals surface area (Å²) in [6.07, 6.45) is 6.65. The van der Waals surface area contributed by atoms with Crippen LogP contribution in [0.3, 0.4) is 0 Å². The molecule has 1 aliphatic rings. The fourth-order valence-corrected chi connectivity index (χ4v) is 3.59. The largest absolute Gasteiger partial charge is 0.350 e. The van der Waals surface area contributed by atoms with Gasteiger partial charge in [0.15, 0.2) is 0 Å². The molecule has 0 saturated carbocycles. The molecule has 6 heteroatoms. The van der Waals surface area contributed by atoms with Crippen LogP contribution in [0.2, 0.25) is 0 Å². The summed E-state index contributed by atoms with van der Waals surface area (Å²) in [6, 6.07) is 10.1. The van der Waals surface area contributed by atoms with E-state index in [0.717, 1.165) is 24.3 Å². The number of carbonyl (C=O) groups excluding carboxylic acids is 1. The molecule has 1 aromatic heterocycles. The molecule has 0 aliphatic carbocycles. The first-order chi connectivity index (χ1) is 12.1. The van der Waals surface area contributed by atoms with Crippen molar-refractivity contribution in [2.75, 3.05) is 13.1 Å². The summed E-state index contributed by atoms with van der Waals surface area (Å²) < 4.78 is 1.83. The number of halogens is 1. The Labute approximate surface area is 162 Å². The molecule has 1 amide bonds. The molecule has 2 heterocycles. The van der Waals surface area contributed by atoms with Crippen LogP contribution >= 0.6 is 12.4 Å². The molecule has 2 atom stereocenters. The monoisotopic (exact) mass is 376 g/mol. The summed E-state index contributed by atoms with van der Waals surface area (Å²) in [4.78, 5) is 12.4. The number of amides is 1. The number of piperidine rings is 1. The maximum Gasteiger partial charge on any atom is 0.220 e. The molecule has 3 rings (SSSR count). The van der Waals surface area contributed by atoms with Crippen molar-refractivity contribution in [2.45, 2.75) is 39.2 Å². The molecule has 1 fully saturated rings. The highest BCUT2D eigenvalue weighted by Gasteiger charge is 2.22. The van der Waals surface area contributed by atoms with Crippen LogP contribution in [0.25, 0.3) is 5.69 Å². The molecular weight excluding hydrogens is 348 g/mol. The highest BCUT2D eigenvalue weighted by Crippen LogP contribution is 2.24. The third-order valence-corrected chi connectivity index (χ3v) is 5.24. The molecule has 0 radical (unpaired) electrons. The average molecular weight is 377 g/mol. The zero-order valence-electron chi connectivity index (χ0n) is 15.5. The lowest BCUT2D eigenvalue weighted by Gasteiger charge is -2.28. The van der Waals surface area contributed by atoms with Crippen LogP contribution < -0.4 is 10.6 Å². The zero-order valence-corrected chi connectivity index (χ0v) is 16.3. The second-order valence-corrected chi connectivity index (χ2v) is 7.10. The van der Waals surface area contributed by atoms with Crippen LogP contribution in [-0.2, 0) is 4.79 Å². The van der Waals surface area contributed by atoms with Gasteiger partial charge in [0.2, 0.25) is 5.91 Å². The maximum absolute atomic E-state index is 12.4. The van der Waals surface area contributed by atoms with Gasteiger partial charge in [0.1, 0.15) is 0 Å². The Balaban J connectivity index is 0.00000243. The van der Waals surface area contributed by atoms with E-state index >= 15 is 0 Å². The lowest BCUT2D eigenvalue weighted by Crippen LogP contribution is -2.34. The Hall–Kier alpha value is -1.85. The summed E-state index contributed by atoms with van der Waals surface area (Å²) in [6.45, 7) is 6.40. The molecule has 0 spiro atoms. The minimum atomic E-state index is 0. The van der Waals surface area contributed by atoms with Gasteiger partial charge in [0, 0.05) is 18.8 Å². The van der Waals surface area contributed by atoms with Crippen LogP contribution in [0.15, 0.2) is 42.7 Å². The molecule has 1 aliphatic heterocycles. The molecule has 5 nitrogen and oxygen atoms in total. The van der Waals surface area contributed by atoms with Gasteiger partial charge in [-0.1, -0.05) is 19.1 Å². The van der Waals surface area contributed by atoms with Gasteiger partial charge in [-0.2, -0.15) is 5.10 Å². The molecule has 2 N–H and O–H groups in total. The van der Waals surface area contributed by atoms with Gasteiger partial charge in [0.25, 0.3) is 0 Å². The predicted molar refractivity (Wildman–Crippen MR) is 107 cm³/mol. The average Bonchev–Trinajstić information content (AvgIpc) is 3.17. The standard InChI is InChI=1S/C20H28N4O.ClH/c1-15(17-8-11-21-12-9-17)14-20(25)23-16(2)18-4-6-19(7-5-18)24-13-3-10-22-24;/h3-7,10,13,15-17,21H,8-9,11-12,14H2,1-2H3,(H,23,25);1H. The van der Waals surface area contributed by atoms with Crippen LogP contribution in [0.1, 0.15) is 44.7 Å². The highest BCUT2D eigenvalue weighted by atomic mass is 35.5. The number of nitrogens with one attached hydrogen (secondary N) is 2. The Kier molecular flexibility index (Phi) is 7.66. The molecule has 142 valence electrons. The third kappa shape index (κ3) is 5.32.